The van der Waals surface area contributed by atoms with Crippen LogP contribution in [0.5, 0.6) is 0 Å². The predicted molar refractivity (Wildman–Crippen MR) is 84.8 cm³/mol. The maximum absolute atomic E-state index is 12.1. The van der Waals surface area contributed by atoms with Gasteiger partial charge in [0.25, 0.3) is 0 Å². The highest BCUT2D eigenvalue weighted by Gasteiger charge is 2.44. The van der Waals surface area contributed by atoms with Gasteiger partial charge in [-0.05, 0) is 31.7 Å². The Balaban J connectivity index is 1.84. The Morgan fingerprint density at radius 2 is 1.67 bits per heavy atom. The molecule has 0 bridgehead atoms. The molecule has 0 spiro atoms. The summed E-state index contributed by atoms with van der Waals surface area (Å²) in [5.41, 5.74) is 1.18. The lowest BCUT2D eigenvalue weighted by atomic mass is 10.1. The highest BCUT2D eigenvalue weighted by atomic mass is 16.5. The van der Waals surface area contributed by atoms with Crippen molar-refractivity contribution >= 4 is 23.8 Å². The fourth-order valence-electron chi connectivity index (χ4n) is 2.47. The van der Waals surface area contributed by atoms with Crippen molar-refractivity contribution in [1.82, 2.24) is 9.80 Å². The molecule has 0 aromatic heterocycles. The molecule has 1 aliphatic heterocycles. The van der Waals surface area contributed by atoms with Gasteiger partial charge in [-0.2, -0.15) is 0 Å². The molecular formula is C17H20N2O5. The minimum atomic E-state index is -0.976. The molecule has 7 nitrogen and oxygen atoms in total. The molecule has 1 aromatic carbocycles. The van der Waals surface area contributed by atoms with Gasteiger partial charge in [0.2, 0.25) is 0 Å². The summed E-state index contributed by atoms with van der Waals surface area (Å²) in [6.45, 7) is 1.40. The SMILES string of the molecule is CCOC(=O)CN1C(=O)C(=O)N(CCCCc2ccccc2)C1=O. The van der Waals surface area contributed by atoms with E-state index < -0.39 is 30.4 Å². The number of ether oxygens (including phenoxy) is 1. The third kappa shape index (κ3) is 4.18. The molecule has 7 heteroatoms. The van der Waals surface area contributed by atoms with E-state index in [1.807, 2.05) is 30.3 Å². The number of nitrogens with zero attached hydrogens (tertiary/aromatic N) is 2. The minimum absolute atomic E-state index is 0.145. The van der Waals surface area contributed by atoms with Gasteiger partial charge in [0.05, 0.1) is 6.61 Å². The molecule has 0 atom stereocenters. The first-order valence-electron chi connectivity index (χ1n) is 7.91. The first-order chi connectivity index (χ1) is 11.5. The molecule has 0 N–H and O–H groups in total. The Morgan fingerprint density at radius 1 is 1.00 bits per heavy atom. The van der Waals surface area contributed by atoms with Crippen molar-refractivity contribution in [3.05, 3.63) is 35.9 Å². The third-order valence-electron chi connectivity index (χ3n) is 3.67. The van der Waals surface area contributed by atoms with Crippen LogP contribution in [0.25, 0.3) is 0 Å². The van der Waals surface area contributed by atoms with Crippen molar-refractivity contribution in [2.75, 3.05) is 19.7 Å². The molecule has 0 saturated carbocycles. The van der Waals surface area contributed by atoms with Gasteiger partial charge < -0.3 is 4.74 Å². The first-order valence-corrected chi connectivity index (χ1v) is 7.91. The molecule has 2 rings (SSSR count). The lowest BCUT2D eigenvalue weighted by Gasteiger charge is -2.14. The number of benzene rings is 1. The molecule has 24 heavy (non-hydrogen) atoms. The van der Waals surface area contributed by atoms with E-state index in [9.17, 15) is 19.2 Å². The summed E-state index contributed by atoms with van der Waals surface area (Å²) < 4.78 is 4.70. The van der Waals surface area contributed by atoms with Crippen LogP contribution in [-0.2, 0) is 25.5 Å². The molecule has 1 aliphatic rings. The van der Waals surface area contributed by atoms with Crippen LogP contribution in [0.4, 0.5) is 4.79 Å². The van der Waals surface area contributed by atoms with E-state index >= 15 is 0 Å². The van der Waals surface area contributed by atoms with Crippen LogP contribution in [0.2, 0.25) is 0 Å². The van der Waals surface area contributed by atoms with Gasteiger partial charge in [0, 0.05) is 6.54 Å². The summed E-state index contributed by atoms with van der Waals surface area (Å²) in [7, 11) is 0. The van der Waals surface area contributed by atoms with E-state index in [-0.39, 0.29) is 13.2 Å². The molecule has 1 saturated heterocycles. The Kier molecular flexibility index (Phi) is 6.06. The number of carbonyl (C=O) groups is 4. The molecule has 0 radical (unpaired) electrons. The lowest BCUT2D eigenvalue weighted by Crippen LogP contribution is -2.37. The average Bonchev–Trinajstić information content (AvgIpc) is 2.77. The van der Waals surface area contributed by atoms with Gasteiger partial charge in [-0.25, -0.2) is 9.69 Å². The van der Waals surface area contributed by atoms with Gasteiger partial charge in [-0.3, -0.25) is 19.3 Å². The van der Waals surface area contributed by atoms with Crippen molar-refractivity contribution in [3.63, 3.8) is 0 Å². The van der Waals surface area contributed by atoms with Crippen LogP contribution in [0.1, 0.15) is 25.3 Å². The Morgan fingerprint density at radius 3 is 2.33 bits per heavy atom. The van der Waals surface area contributed by atoms with Crippen molar-refractivity contribution in [2.24, 2.45) is 0 Å². The molecule has 1 aromatic rings. The zero-order chi connectivity index (χ0) is 17.5. The Bertz CT molecular complexity index is 629. The number of hydrogen-bond acceptors (Lipinski definition) is 5. The van der Waals surface area contributed by atoms with Crippen LogP contribution in [-0.4, -0.2) is 53.3 Å². The second-order valence-electron chi connectivity index (χ2n) is 5.38. The molecule has 0 unspecified atom stereocenters. The lowest BCUT2D eigenvalue weighted by molar-refractivity contribution is -0.148. The topological polar surface area (TPSA) is 84.0 Å². The van der Waals surface area contributed by atoms with Crippen molar-refractivity contribution in [3.8, 4) is 0 Å². The van der Waals surface area contributed by atoms with Gasteiger partial charge >= 0.3 is 23.8 Å². The van der Waals surface area contributed by atoms with E-state index in [0.717, 1.165) is 17.7 Å². The molecule has 128 valence electrons. The average molecular weight is 332 g/mol. The van der Waals surface area contributed by atoms with E-state index in [1.54, 1.807) is 6.92 Å². The second kappa shape index (κ2) is 8.24. The van der Waals surface area contributed by atoms with Gasteiger partial charge in [0.1, 0.15) is 6.54 Å². The maximum Gasteiger partial charge on any atom is 0.334 e. The van der Waals surface area contributed by atoms with Crippen LogP contribution < -0.4 is 0 Å². The van der Waals surface area contributed by atoms with Gasteiger partial charge in [-0.1, -0.05) is 30.3 Å². The standard InChI is InChI=1S/C17H20N2O5/c1-2-24-14(20)12-19-16(22)15(21)18(17(19)23)11-7-6-10-13-8-4-3-5-9-13/h3-5,8-9H,2,6-7,10-12H2,1H3. The molecular weight excluding hydrogens is 312 g/mol. The maximum atomic E-state index is 12.1. The van der Waals surface area contributed by atoms with E-state index in [1.165, 1.54) is 5.56 Å². The largest absolute Gasteiger partial charge is 0.465 e. The number of aryl methyl sites for hydroxylation is 1. The summed E-state index contributed by atoms with van der Waals surface area (Å²) in [4.78, 5) is 48.8. The number of carbonyl (C=O) groups excluding carboxylic acids is 4. The minimum Gasteiger partial charge on any atom is -0.465 e. The van der Waals surface area contributed by atoms with E-state index in [0.29, 0.717) is 11.3 Å². The van der Waals surface area contributed by atoms with Crippen LogP contribution in [0.15, 0.2) is 30.3 Å². The van der Waals surface area contributed by atoms with Crippen molar-refractivity contribution in [1.29, 1.82) is 0 Å². The fourth-order valence-corrected chi connectivity index (χ4v) is 2.47. The number of unbranched alkanes of at least 4 members (excludes halogenated alkanes) is 1. The summed E-state index contributed by atoms with van der Waals surface area (Å²) in [6, 6.07) is 9.11. The number of urea groups is 1. The summed E-state index contributed by atoms with van der Waals surface area (Å²) in [5, 5.41) is 0. The predicted octanol–water partition coefficient (Wildman–Crippen LogP) is 1.36. The third-order valence-corrected chi connectivity index (χ3v) is 3.67. The number of esters is 1. The summed E-state index contributed by atoms with van der Waals surface area (Å²) in [5.74, 6) is -2.57. The fraction of sp³-hybridized carbons (Fsp3) is 0.412. The quantitative estimate of drug-likeness (QED) is 0.311. The normalized spacial score (nSPS) is 14.5. The monoisotopic (exact) mass is 332 g/mol. The molecule has 0 aliphatic carbocycles. The van der Waals surface area contributed by atoms with Gasteiger partial charge in [-0.15, -0.1) is 0 Å². The second-order valence-corrected chi connectivity index (χ2v) is 5.38. The van der Waals surface area contributed by atoms with Crippen LogP contribution in [0.3, 0.4) is 0 Å². The molecule has 4 amide bonds. The van der Waals surface area contributed by atoms with E-state index in [2.05, 4.69) is 0 Å². The van der Waals surface area contributed by atoms with Crippen LogP contribution >= 0.6 is 0 Å². The summed E-state index contributed by atoms with van der Waals surface area (Å²) >= 11 is 0. The first kappa shape index (κ1) is 17.7. The van der Waals surface area contributed by atoms with Crippen molar-refractivity contribution in [2.45, 2.75) is 26.2 Å². The zero-order valence-corrected chi connectivity index (χ0v) is 13.6. The Labute approximate surface area is 140 Å². The molecule has 1 fully saturated rings. The smallest absolute Gasteiger partial charge is 0.334 e. The zero-order valence-electron chi connectivity index (χ0n) is 13.6. The Hall–Kier alpha value is -2.70. The van der Waals surface area contributed by atoms with Crippen LogP contribution in [0, 0.1) is 0 Å². The molecule has 1 heterocycles. The highest BCUT2D eigenvalue weighted by Crippen LogP contribution is 2.14. The summed E-state index contributed by atoms with van der Waals surface area (Å²) in [6.07, 6.45) is 2.21. The number of amides is 4. The van der Waals surface area contributed by atoms with Crippen molar-refractivity contribution < 1.29 is 23.9 Å². The van der Waals surface area contributed by atoms with Gasteiger partial charge in [0.15, 0.2) is 0 Å². The number of imide groups is 2. The van der Waals surface area contributed by atoms with E-state index in [4.69, 9.17) is 4.74 Å². The highest BCUT2D eigenvalue weighted by molar-refractivity contribution is 6.44. The number of hydrogen-bond donors (Lipinski definition) is 0. The number of rotatable bonds is 8.